The molecular formula is C15H19FN2. The third-order valence-corrected chi connectivity index (χ3v) is 4.05. The van der Waals surface area contributed by atoms with Crippen LogP contribution in [0, 0.1) is 11.7 Å². The van der Waals surface area contributed by atoms with Crippen LogP contribution in [0.2, 0.25) is 0 Å². The van der Waals surface area contributed by atoms with Crippen molar-refractivity contribution in [1.82, 2.24) is 10.3 Å². The van der Waals surface area contributed by atoms with Crippen molar-refractivity contribution in [3.8, 4) is 0 Å². The molecule has 0 radical (unpaired) electrons. The SMILES string of the molecule is CNCC[C@@H]1CCc2[nH]c3ccc(F)cc3c2C1. The smallest absolute Gasteiger partial charge is 0.123 e. The molecule has 1 aliphatic carbocycles. The molecule has 0 spiro atoms. The van der Waals surface area contributed by atoms with Gasteiger partial charge >= 0.3 is 0 Å². The van der Waals surface area contributed by atoms with Crippen LogP contribution in [0.15, 0.2) is 18.2 Å². The highest BCUT2D eigenvalue weighted by atomic mass is 19.1. The summed E-state index contributed by atoms with van der Waals surface area (Å²) in [6.07, 6.45) is 4.63. The number of halogens is 1. The number of benzene rings is 1. The molecule has 0 unspecified atom stereocenters. The van der Waals surface area contributed by atoms with Gasteiger partial charge in [-0.05, 0) is 69.0 Å². The first-order chi connectivity index (χ1) is 8.78. The number of aromatic nitrogens is 1. The Morgan fingerprint density at radius 2 is 2.33 bits per heavy atom. The molecule has 18 heavy (non-hydrogen) atoms. The van der Waals surface area contributed by atoms with Crippen LogP contribution < -0.4 is 5.32 Å². The molecule has 3 rings (SSSR count). The second-order valence-electron chi connectivity index (χ2n) is 5.27. The molecule has 0 bridgehead atoms. The van der Waals surface area contributed by atoms with E-state index >= 15 is 0 Å². The maximum absolute atomic E-state index is 13.4. The van der Waals surface area contributed by atoms with Gasteiger partial charge in [-0.3, -0.25) is 0 Å². The van der Waals surface area contributed by atoms with Crippen molar-refractivity contribution in [2.24, 2.45) is 5.92 Å². The summed E-state index contributed by atoms with van der Waals surface area (Å²) < 4.78 is 13.4. The van der Waals surface area contributed by atoms with Gasteiger partial charge in [0.25, 0.3) is 0 Å². The van der Waals surface area contributed by atoms with Crippen LogP contribution in [-0.2, 0) is 12.8 Å². The Hall–Kier alpha value is -1.35. The molecule has 1 heterocycles. The van der Waals surface area contributed by atoms with Crippen molar-refractivity contribution >= 4 is 10.9 Å². The standard InChI is InChI=1S/C15H19FN2/c1-17-7-6-10-2-4-14-12(8-10)13-9-11(16)3-5-15(13)18-14/h3,5,9-10,17-18H,2,4,6-8H2,1H3/t10-/m0/s1. The summed E-state index contributed by atoms with van der Waals surface area (Å²) in [7, 11) is 2.00. The number of hydrogen-bond acceptors (Lipinski definition) is 1. The molecule has 1 aromatic heterocycles. The van der Waals surface area contributed by atoms with E-state index in [1.807, 2.05) is 13.1 Å². The zero-order chi connectivity index (χ0) is 12.5. The third-order valence-electron chi connectivity index (χ3n) is 4.05. The van der Waals surface area contributed by atoms with Gasteiger partial charge in [-0.25, -0.2) is 4.39 Å². The minimum absolute atomic E-state index is 0.137. The fourth-order valence-corrected chi connectivity index (χ4v) is 3.06. The van der Waals surface area contributed by atoms with Gasteiger partial charge in [0, 0.05) is 16.6 Å². The molecule has 0 amide bonds. The minimum Gasteiger partial charge on any atom is -0.358 e. The van der Waals surface area contributed by atoms with E-state index in [4.69, 9.17) is 0 Å². The Morgan fingerprint density at radius 1 is 1.44 bits per heavy atom. The Kier molecular flexibility index (Phi) is 3.08. The second kappa shape index (κ2) is 4.73. The van der Waals surface area contributed by atoms with Gasteiger partial charge in [-0.2, -0.15) is 0 Å². The number of rotatable bonds is 3. The van der Waals surface area contributed by atoms with Gasteiger partial charge in [-0.15, -0.1) is 0 Å². The van der Waals surface area contributed by atoms with E-state index in [0.29, 0.717) is 0 Å². The largest absolute Gasteiger partial charge is 0.358 e. The zero-order valence-corrected chi connectivity index (χ0v) is 10.7. The van der Waals surface area contributed by atoms with Crippen molar-refractivity contribution in [2.45, 2.75) is 25.7 Å². The Labute approximate surface area is 107 Å². The van der Waals surface area contributed by atoms with E-state index in [-0.39, 0.29) is 5.82 Å². The molecule has 0 aliphatic heterocycles. The Bertz CT molecular complexity index is 559. The molecule has 3 heteroatoms. The summed E-state index contributed by atoms with van der Waals surface area (Å²) in [5, 5.41) is 4.29. The lowest BCUT2D eigenvalue weighted by molar-refractivity contribution is 0.420. The maximum Gasteiger partial charge on any atom is 0.123 e. The fraction of sp³-hybridized carbons (Fsp3) is 0.467. The highest BCUT2D eigenvalue weighted by Gasteiger charge is 2.22. The van der Waals surface area contributed by atoms with E-state index < -0.39 is 0 Å². The fourth-order valence-electron chi connectivity index (χ4n) is 3.06. The van der Waals surface area contributed by atoms with Crippen LogP contribution in [0.5, 0.6) is 0 Å². The lowest BCUT2D eigenvalue weighted by Gasteiger charge is -2.22. The number of hydrogen-bond donors (Lipinski definition) is 2. The van der Waals surface area contributed by atoms with Gasteiger partial charge in [-0.1, -0.05) is 0 Å². The van der Waals surface area contributed by atoms with Gasteiger partial charge in [0.1, 0.15) is 5.82 Å². The van der Waals surface area contributed by atoms with Gasteiger partial charge in [0.15, 0.2) is 0 Å². The molecule has 2 nitrogen and oxygen atoms in total. The third kappa shape index (κ3) is 2.03. The first-order valence-corrected chi connectivity index (χ1v) is 6.71. The normalized spacial score (nSPS) is 19.1. The first-order valence-electron chi connectivity index (χ1n) is 6.71. The van der Waals surface area contributed by atoms with E-state index in [1.165, 1.54) is 30.2 Å². The molecule has 1 aromatic carbocycles. The number of nitrogens with one attached hydrogen (secondary N) is 2. The van der Waals surface area contributed by atoms with Crippen LogP contribution in [0.1, 0.15) is 24.1 Å². The lowest BCUT2D eigenvalue weighted by atomic mass is 9.84. The van der Waals surface area contributed by atoms with Crippen molar-refractivity contribution in [2.75, 3.05) is 13.6 Å². The molecule has 96 valence electrons. The molecule has 1 atom stereocenters. The first kappa shape index (κ1) is 11.7. The maximum atomic E-state index is 13.4. The summed E-state index contributed by atoms with van der Waals surface area (Å²) in [5.74, 6) is 0.592. The molecule has 0 fully saturated rings. The predicted octanol–water partition coefficient (Wildman–Crippen LogP) is 3.02. The molecule has 1 aliphatic rings. The lowest BCUT2D eigenvalue weighted by Crippen LogP contribution is -2.19. The second-order valence-corrected chi connectivity index (χ2v) is 5.27. The molecule has 2 N–H and O–H groups in total. The van der Waals surface area contributed by atoms with E-state index in [2.05, 4.69) is 10.3 Å². The summed E-state index contributed by atoms with van der Waals surface area (Å²) in [6.45, 7) is 1.07. The minimum atomic E-state index is -0.137. The molecule has 0 saturated heterocycles. The van der Waals surface area contributed by atoms with Crippen molar-refractivity contribution in [1.29, 1.82) is 0 Å². The summed E-state index contributed by atoms with van der Waals surface area (Å²) in [6, 6.07) is 5.06. The van der Waals surface area contributed by atoms with E-state index in [1.54, 1.807) is 6.07 Å². The highest BCUT2D eigenvalue weighted by molar-refractivity contribution is 5.85. The Balaban J connectivity index is 1.93. The van der Waals surface area contributed by atoms with Crippen molar-refractivity contribution in [3.63, 3.8) is 0 Å². The number of aromatic amines is 1. The van der Waals surface area contributed by atoms with E-state index in [9.17, 15) is 4.39 Å². The predicted molar refractivity (Wildman–Crippen MR) is 72.3 cm³/mol. The zero-order valence-electron chi connectivity index (χ0n) is 10.7. The monoisotopic (exact) mass is 246 g/mol. The quantitative estimate of drug-likeness (QED) is 0.856. The molecule has 2 aromatic rings. The van der Waals surface area contributed by atoms with E-state index in [0.717, 1.165) is 36.2 Å². The van der Waals surface area contributed by atoms with Gasteiger partial charge < -0.3 is 10.3 Å². The van der Waals surface area contributed by atoms with Crippen LogP contribution >= 0.6 is 0 Å². The number of fused-ring (bicyclic) bond motifs is 3. The number of H-pyrrole nitrogens is 1. The average Bonchev–Trinajstić information content (AvgIpc) is 2.74. The summed E-state index contributed by atoms with van der Waals surface area (Å²) >= 11 is 0. The molecule has 0 saturated carbocycles. The number of aryl methyl sites for hydroxylation is 1. The van der Waals surface area contributed by atoms with Gasteiger partial charge in [0.2, 0.25) is 0 Å². The van der Waals surface area contributed by atoms with Crippen LogP contribution in [0.4, 0.5) is 4.39 Å². The summed E-state index contributed by atoms with van der Waals surface area (Å²) in [5.41, 5.74) is 3.74. The van der Waals surface area contributed by atoms with Crippen LogP contribution in [0.3, 0.4) is 0 Å². The van der Waals surface area contributed by atoms with Crippen molar-refractivity contribution in [3.05, 3.63) is 35.3 Å². The van der Waals surface area contributed by atoms with Crippen LogP contribution in [0.25, 0.3) is 10.9 Å². The topological polar surface area (TPSA) is 27.8 Å². The highest BCUT2D eigenvalue weighted by Crippen LogP contribution is 2.33. The average molecular weight is 246 g/mol. The van der Waals surface area contributed by atoms with Gasteiger partial charge in [0.05, 0.1) is 0 Å². The Morgan fingerprint density at radius 3 is 3.17 bits per heavy atom. The van der Waals surface area contributed by atoms with Crippen LogP contribution in [-0.4, -0.2) is 18.6 Å². The molecular weight excluding hydrogens is 227 g/mol. The summed E-state index contributed by atoms with van der Waals surface area (Å²) in [4.78, 5) is 3.44. The van der Waals surface area contributed by atoms with Crippen molar-refractivity contribution < 1.29 is 4.39 Å².